The third-order valence-electron chi connectivity index (χ3n) is 3.23. The highest BCUT2D eigenvalue weighted by atomic mass is 19.4. The smallest absolute Gasteiger partial charge is 0.495 e. The highest BCUT2D eigenvalue weighted by Crippen LogP contribution is 2.25. The molecule has 0 heterocycles. The van der Waals surface area contributed by atoms with Crippen LogP contribution in [0.2, 0.25) is 0 Å². The third-order valence-corrected chi connectivity index (χ3v) is 3.23. The summed E-state index contributed by atoms with van der Waals surface area (Å²) in [6.45, 7) is 1.66. The normalized spacial score (nSPS) is 12.2. The van der Waals surface area contributed by atoms with Crippen LogP contribution in [0.5, 0.6) is 11.5 Å². The van der Waals surface area contributed by atoms with Crippen molar-refractivity contribution in [3.63, 3.8) is 0 Å². The van der Waals surface area contributed by atoms with E-state index in [2.05, 4.69) is 15.4 Å². The number of benzene rings is 2. The number of halogens is 3. The molecular formula is C17H17F3N2O3. The fourth-order valence-electron chi connectivity index (χ4n) is 2.05. The first kappa shape index (κ1) is 18.4. The van der Waals surface area contributed by atoms with Gasteiger partial charge in [-0.1, -0.05) is 12.1 Å². The molecule has 0 saturated heterocycles. The van der Waals surface area contributed by atoms with Gasteiger partial charge in [-0.2, -0.15) is 0 Å². The topological polar surface area (TPSA) is 59.6 Å². The Morgan fingerprint density at radius 3 is 2.32 bits per heavy atom. The molecule has 2 rings (SSSR count). The molecule has 0 bridgehead atoms. The van der Waals surface area contributed by atoms with E-state index in [-0.39, 0.29) is 11.7 Å². The minimum absolute atomic E-state index is 0.351. The molecule has 2 aromatic rings. The predicted molar refractivity (Wildman–Crippen MR) is 87.8 cm³/mol. The molecule has 0 aliphatic carbocycles. The van der Waals surface area contributed by atoms with Gasteiger partial charge in [0.05, 0.1) is 12.8 Å². The zero-order chi connectivity index (χ0) is 18.4. The number of hydrogen-bond acceptors (Lipinski definition) is 4. The molecule has 0 aromatic heterocycles. The molecule has 0 unspecified atom stereocenters. The van der Waals surface area contributed by atoms with Crippen molar-refractivity contribution in [2.24, 2.45) is 0 Å². The molecule has 0 spiro atoms. The van der Waals surface area contributed by atoms with Gasteiger partial charge in [-0.25, -0.2) is 0 Å². The quantitative estimate of drug-likeness (QED) is 0.822. The lowest BCUT2D eigenvalue weighted by Crippen LogP contribution is -2.32. The van der Waals surface area contributed by atoms with Crippen molar-refractivity contribution in [3.05, 3.63) is 48.5 Å². The van der Waals surface area contributed by atoms with Gasteiger partial charge in [-0.05, 0) is 43.3 Å². The van der Waals surface area contributed by atoms with E-state index in [1.54, 1.807) is 31.2 Å². The Morgan fingerprint density at radius 1 is 1.08 bits per heavy atom. The maximum Gasteiger partial charge on any atom is 0.573 e. The van der Waals surface area contributed by atoms with Crippen molar-refractivity contribution in [1.82, 2.24) is 0 Å². The molecule has 2 N–H and O–H groups in total. The fraction of sp³-hybridized carbons (Fsp3) is 0.235. The van der Waals surface area contributed by atoms with E-state index in [4.69, 9.17) is 4.74 Å². The van der Waals surface area contributed by atoms with Crippen LogP contribution in [0.4, 0.5) is 24.5 Å². The summed E-state index contributed by atoms with van der Waals surface area (Å²) in [6.07, 6.45) is -4.75. The first-order valence-corrected chi connectivity index (χ1v) is 7.35. The standard InChI is InChI=1S/C17H17F3N2O3/c1-11(21-14-5-3-4-6-15(14)24-2)16(23)22-12-7-9-13(10-8-12)25-17(18,19)20/h3-11,21H,1-2H3,(H,22,23)/t11-/m0/s1. The summed E-state index contributed by atoms with van der Waals surface area (Å²) in [5.74, 6) is -0.114. The molecule has 134 valence electrons. The fourth-order valence-corrected chi connectivity index (χ4v) is 2.05. The van der Waals surface area contributed by atoms with E-state index in [1.165, 1.54) is 19.2 Å². The summed E-state index contributed by atoms with van der Waals surface area (Å²) in [7, 11) is 1.52. The minimum atomic E-state index is -4.75. The van der Waals surface area contributed by atoms with Gasteiger partial charge in [0.25, 0.3) is 0 Å². The molecule has 1 atom stereocenters. The second-order valence-electron chi connectivity index (χ2n) is 5.13. The first-order chi connectivity index (χ1) is 11.8. The van der Waals surface area contributed by atoms with Crippen LogP contribution in [0.3, 0.4) is 0 Å². The van der Waals surface area contributed by atoms with Crippen molar-refractivity contribution in [3.8, 4) is 11.5 Å². The highest BCUT2D eigenvalue weighted by molar-refractivity contribution is 5.96. The van der Waals surface area contributed by atoms with E-state index in [1.807, 2.05) is 0 Å². The number of alkyl halides is 3. The average Bonchev–Trinajstić information content (AvgIpc) is 2.55. The van der Waals surface area contributed by atoms with Crippen molar-refractivity contribution < 1.29 is 27.4 Å². The summed E-state index contributed by atoms with van der Waals surface area (Å²) in [6, 6.07) is 11.4. The Bertz CT molecular complexity index is 718. The number of anilines is 2. The number of rotatable bonds is 6. The number of carbonyl (C=O) groups excluding carboxylic acids is 1. The molecule has 8 heteroatoms. The van der Waals surface area contributed by atoms with E-state index in [0.717, 1.165) is 12.1 Å². The lowest BCUT2D eigenvalue weighted by molar-refractivity contribution is -0.274. The van der Waals surface area contributed by atoms with Crippen molar-refractivity contribution in [1.29, 1.82) is 0 Å². The number of carbonyl (C=O) groups is 1. The van der Waals surface area contributed by atoms with Gasteiger partial charge in [0.2, 0.25) is 5.91 Å². The maximum absolute atomic E-state index is 12.2. The molecule has 0 aliphatic heterocycles. The van der Waals surface area contributed by atoms with Crippen LogP contribution in [-0.4, -0.2) is 25.4 Å². The van der Waals surface area contributed by atoms with Gasteiger partial charge in [-0.15, -0.1) is 13.2 Å². The number of para-hydroxylation sites is 2. The highest BCUT2D eigenvalue weighted by Gasteiger charge is 2.31. The zero-order valence-electron chi connectivity index (χ0n) is 13.6. The molecule has 1 amide bonds. The Kier molecular flexibility index (Phi) is 5.74. The summed E-state index contributed by atoms with van der Waals surface area (Å²) >= 11 is 0. The van der Waals surface area contributed by atoms with E-state index in [9.17, 15) is 18.0 Å². The number of hydrogen-bond donors (Lipinski definition) is 2. The zero-order valence-corrected chi connectivity index (χ0v) is 13.6. The maximum atomic E-state index is 12.2. The van der Waals surface area contributed by atoms with Gasteiger partial charge in [-0.3, -0.25) is 4.79 Å². The average molecular weight is 354 g/mol. The van der Waals surface area contributed by atoms with Gasteiger partial charge in [0.1, 0.15) is 17.5 Å². The molecule has 5 nitrogen and oxygen atoms in total. The molecule has 0 fully saturated rings. The number of ether oxygens (including phenoxy) is 2. The number of methoxy groups -OCH3 is 1. The van der Waals surface area contributed by atoms with Crippen LogP contribution < -0.4 is 20.1 Å². The minimum Gasteiger partial charge on any atom is -0.495 e. The molecule has 2 aromatic carbocycles. The Morgan fingerprint density at radius 2 is 1.72 bits per heavy atom. The van der Waals surface area contributed by atoms with Gasteiger partial charge in [0.15, 0.2) is 0 Å². The van der Waals surface area contributed by atoms with Crippen LogP contribution in [0.15, 0.2) is 48.5 Å². The van der Waals surface area contributed by atoms with Crippen LogP contribution >= 0.6 is 0 Å². The van der Waals surface area contributed by atoms with E-state index >= 15 is 0 Å². The van der Waals surface area contributed by atoms with Crippen LogP contribution in [-0.2, 0) is 4.79 Å². The third kappa shape index (κ3) is 5.59. The van der Waals surface area contributed by atoms with Crippen molar-refractivity contribution >= 4 is 17.3 Å². The summed E-state index contributed by atoms with van der Waals surface area (Å²) in [4.78, 5) is 12.2. The monoisotopic (exact) mass is 354 g/mol. The lowest BCUT2D eigenvalue weighted by atomic mass is 10.2. The van der Waals surface area contributed by atoms with Crippen molar-refractivity contribution in [2.45, 2.75) is 19.3 Å². The van der Waals surface area contributed by atoms with Crippen LogP contribution in [0.1, 0.15) is 6.92 Å². The molecule has 25 heavy (non-hydrogen) atoms. The molecule has 0 saturated carbocycles. The largest absolute Gasteiger partial charge is 0.573 e. The summed E-state index contributed by atoms with van der Waals surface area (Å²) in [5.41, 5.74) is 1.01. The van der Waals surface area contributed by atoms with Crippen molar-refractivity contribution in [2.75, 3.05) is 17.7 Å². The summed E-state index contributed by atoms with van der Waals surface area (Å²) < 4.78 is 45.3. The van der Waals surface area contributed by atoms with E-state index in [0.29, 0.717) is 17.1 Å². The summed E-state index contributed by atoms with van der Waals surface area (Å²) in [5, 5.41) is 5.62. The second-order valence-corrected chi connectivity index (χ2v) is 5.13. The molecule has 0 radical (unpaired) electrons. The SMILES string of the molecule is COc1ccccc1N[C@@H](C)C(=O)Nc1ccc(OC(F)(F)F)cc1. The second kappa shape index (κ2) is 7.78. The van der Waals surface area contributed by atoms with Crippen LogP contribution in [0, 0.1) is 0 Å². The van der Waals surface area contributed by atoms with Crippen LogP contribution in [0.25, 0.3) is 0 Å². The lowest BCUT2D eigenvalue weighted by Gasteiger charge is -2.17. The van der Waals surface area contributed by atoms with Gasteiger partial charge >= 0.3 is 6.36 Å². The first-order valence-electron chi connectivity index (χ1n) is 7.35. The Labute approximate surface area is 142 Å². The van der Waals surface area contributed by atoms with Gasteiger partial charge < -0.3 is 20.1 Å². The van der Waals surface area contributed by atoms with Gasteiger partial charge in [0, 0.05) is 5.69 Å². The Hall–Kier alpha value is -2.90. The Balaban J connectivity index is 1.97. The van der Waals surface area contributed by atoms with E-state index < -0.39 is 12.4 Å². The molecular weight excluding hydrogens is 337 g/mol. The molecule has 0 aliphatic rings. The predicted octanol–water partition coefficient (Wildman–Crippen LogP) is 4.03. The number of nitrogens with one attached hydrogen (secondary N) is 2. The number of amides is 1.